The molecule has 4 nitrogen and oxygen atoms in total. The third kappa shape index (κ3) is 3.97. The van der Waals surface area contributed by atoms with Crippen molar-refractivity contribution < 1.29 is 19.3 Å². The molecular weight excluding hydrogens is 256 g/mol. The minimum atomic E-state index is -0.453. The molecule has 0 bridgehead atoms. The van der Waals surface area contributed by atoms with Gasteiger partial charge < -0.3 is 4.74 Å². The Morgan fingerprint density at radius 1 is 1.15 bits per heavy atom. The van der Waals surface area contributed by atoms with Crippen molar-refractivity contribution in [1.29, 1.82) is 0 Å². The molecule has 1 aliphatic carbocycles. The maximum absolute atomic E-state index is 11.8. The summed E-state index contributed by atoms with van der Waals surface area (Å²) < 4.78 is 5.04. The van der Waals surface area contributed by atoms with Crippen molar-refractivity contribution in [1.82, 2.24) is 0 Å². The number of benzene rings is 1. The maximum atomic E-state index is 11.8. The standard InChI is InChI=1S/C16H22O4/c1-3-12-4-8-15(9-5-12)19-20-16(17)13-6-10-14(18-2)11-7-13/h6-7,10-12,15H,3-5,8-9H2,1-2H3. The minimum absolute atomic E-state index is 0.0417. The van der Waals surface area contributed by atoms with Gasteiger partial charge in [0.2, 0.25) is 0 Å². The molecule has 0 unspecified atom stereocenters. The van der Waals surface area contributed by atoms with Crippen molar-refractivity contribution in [2.45, 2.75) is 45.1 Å². The van der Waals surface area contributed by atoms with E-state index in [4.69, 9.17) is 14.5 Å². The second-order valence-electron chi connectivity index (χ2n) is 5.25. The molecule has 0 aromatic heterocycles. The topological polar surface area (TPSA) is 44.8 Å². The summed E-state index contributed by atoms with van der Waals surface area (Å²) in [4.78, 5) is 22.0. The number of ether oxygens (including phenoxy) is 1. The average Bonchev–Trinajstić information content (AvgIpc) is 2.53. The zero-order chi connectivity index (χ0) is 14.4. The molecule has 110 valence electrons. The molecule has 2 rings (SSSR count). The highest BCUT2D eigenvalue weighted by Crippen LogP contribution is 2.28. The first kappa shape index (κ1) is 14.9. The van der Waals surface area contributed by atoms with Crippen LogP contribution in [-0.4, -0.2) is 19.2 Å². The van der Waals surface area contributed by atoms with E-state index < -0.39 is 5.97 Å². The van der Waals surface area contributed by atoms with E-state index in [1.54, 1.807) is 31.4 Å². The fourth-order valence-corrected chi connectivity index (χ4v) is 2.52. The van der Waals surface area contributed by atoms with Crippen LogP contribution in [0, 0.1) is 5.92 Å². The molecule has 1 saturated carbocycles. The molecule has 0 amide bonds. The van der Waals surface area contributed by atoms with E-state index in [0.29, 0.717) is 11.3 Å². The van der Waals surface area contributed by atoms with Gasteiger partial charge in [-0.2, -0.15) is 4.89 Å². The summed E-state index contributed by atoms with van der Waals surface area (Å²) in [5, 5.41) is 0. The second-order valence-corrected chi connectivity index (χ2v) is 5.25. The van der Waals surface area contributed by atoms with E-state index in [-0.39, 0.29) is 6.10 Å². The monoisotopic (exact) mass is 278 g/mol. The van der Waals surface area contributed by atoms with Crippen molar-refractivity contribution in [2.24, 2.45) is 5.92 Å². The number of carbonyl (C=O) groups is 1. The van der Waals surface area contributed by atoms with Crippen LogP contribution in [0.15, 0.2) is 24.3 Å². The lowest BCUT2D eigenvalue weighted by Crippen LogP contribution is -2.23. The molecule has 0 N–H and O–H groups in total. The maximum Gasteiger partial charge on any atom is 0.373 e. The Hall–Kier alpha value is -1.55. The van der Waals surface area contributed by atoms with E-state index in [9.17, 15) is 4.79 Å². The van der Waals surface area contributed by atoms with Gasteiger partial charge in [0.15, 0.2) is 0 Å². The molecular formula is C16H22O4. The fourth-order valence-electron chi connectivity index (χ4n) is 2.52. The van der Waals surface area contributed by atoms with E-state index in [1.165, 1.54) is 6.42 Å². The summed E-state index contributed by atoms with van der Waals surface area (Å²) in [7, 11) is 1.59. The first-order chi connectivity index (χ1) is 9.72. The van der Waals surface area contributed by atoms with Gasteiger partial charge in [0, 0.05) is 0 Å². The first-order valence-corrected chi connectivity index (χ1v) is 7.24. The SMILES string of the molecule is CCC1CCC(OOC(=O)c2ccc(OC)cc2)CC1. The van der Waals surface area contributed by atoms with Crippen LogP contribution in [0.4, 0.5) is 0 Å². The first-order valence-electron chi connectivity index (χ1n) is 7.24. The Labute approximate surface area is 120 Å². The van der Waals surface area contributed by atoms with Crippen LogP contribution in [0.25, 0.3) is 0 Å². The molecule has 0 aliphatic heterocycles. The highest BCUT2D eigenvalue weighted by Gasteiger charge is 2.22. The lowest BCUT2D eigenvalue weighted by Gasteiger charge is -2.26. The lowest BCUT2D eigenvalue weighted by atomic mass is 9.86. The lowest BCUT2D eigenvalue weighted by molar-refractivity contribution is -0.280. The molecule has 1 fully saturated rings. The van der Waals surface area contributed by atoms with Gasteiger partial charge in [-0.3, -0.25) is 4.89 Å². The summed E-state index contributed by atoms with van der Waals surface area (Å²) in [6.07, 6.45) is 5.50. The third-order valence-electron chi connectivity index (χ3n) is 3.96. The Morgan fingerprint density at radius 2 is 1.80 bits per heavy atom. The molecule has 0 heterocycles. The molecule has 1 aromatic carbocycles. The normalized spacial score (nSPS) is 22.3. The predicted molar refractivity (Wildman–Crippen MR) is 75.5 cm³/mol. The fraction of sp³-hybridized carbons (Fsp3) is 0.562. The van der Waals surface area contributed by atoms with Crippen LogP contribution < -0.4 is 4.74 Å². The van der Waals surface area contributed by atoms with Gasteiger partial charge in [0.05, 0.1) is 12.7 Å². The number of methoxy groups -OCH3 is 1. The van der Waals surface area contributed by atoms with Gasteiger partial charge >= 0.3 is 5.97 Å². The van der Waals surface area contributed by atoms with Crippen molar-refractivity contribution in [3.63, 3.8) is 0 Å². The van der Waals surface area contributed by atoms with Crippen LogP contribution in [0.5, 0.6) is 5.75 Å². The van der Waals surface area contributed by atoms with E-state index >= 15 is 0 Å². The van der Waals surface area contributed by atoms with Crippen LogP contribution >= 0.6 is 0 Å². The van der Waals surface area contributed by atoms with Crippen LogP contribution in [0.2, 0.25) is 0 Å². The number of carbonyl (C=O) groups excluding carboxylic acids is 1. The number of hydrogen-bond donors (Lipinski definition) is 0. The molecule has 0 atom stereocenters. The number of hydrogen-bond acceptors (Lipinski definition) is 4. The van der Waals surface area contributed by atoms with Crippen LogP contribution in [0.3, 0.4) is 0 Å². The van der Waals surface area contributed by atoms with Crippen molar-refractivity contribution in [3.8, 4) is 5.75 Å². The van der Waals surface area contributed by atoms with Gasteiger partial charge in [-0.1, -0.05) is 13.3 Å². The zero-order valence-electron chi connectivity index (χ0n) is 12.1. The van der Waals surface area contributed by atoms with Crippen molar-refractivity contribution in [3.05, 3.63) is 29.8 Å². The predicted octanol–water partition coefficient (Wildman–Crippen LogP) is 3.75. The van der Waals surface area contributed by atoms with Crippen molar-refractivity contribution in [2.75, 3.05) is 7.11 Å². The Morgan fingerprint density at radius 3 is 2.35 bits per heavy atom. The molecule has 1 aromatic rings. The average molecular weight is 278 g/mol. The van der Waals surface area contributed by atoms with Crippen LogP contribution in [0.1, 0.15) is 49.4 Å². The Balaban J connectivity index is 1.77. The van der Waals surface area contributed by atoms with Gasteiger partial charge in [0.1, 0.15) is 11.9 Å². The summed E-state index contributed by atoms with van der Waals surface area (Å²) in [6.45, 7) is 2.22. The summed E-state index contributed by atoms with van der Waals surface area (Å²) >= 11 is 0. The molecule has 0 spiro atoms. The van der Waals surface area contributed by atoms with Gasteiger partial charge in [-0.25, -0.2) is 4.79 Å². The molecule has 0 saturated heterocycles. The highest BCUT2D eigenvalue weighted by molar-refractivity contribution is 5.89. The smallest absolute Gasteiger partial charge is 0.373 e. The van der Waals surface area contributed by atoms with E-state index in [0.717, 1.165) is 31.6 Å². The Bertz CT molecular complexity index is 419. The number of rotatable bonds is 5. The van der Waals surface area contributed by atoms with Gasteiger partial charge in [0.25, 0.3) is 0 Å². The summed E-state index contributed by atoms with van der Waals surface area (Å²) in [6, 6.07) is 6.78. The minimum Gasteiger partial charge on any atom is -0.497 e. The molecule has 1 aliphatic rings. The largest absolute Gasteiger partial charge is 0.497 e. The van der Waals surface area contributed by atoms with E-state index in [1.807, 2.05) is 0 Å². The summed E-state index contributed by atoms with van der Waals surface area (Å²) in [5.41, 5.74) is 0.466. The summed E-state index contributed by atoms with van der Waals surface area (Å²) in [5.74, 6) is 1.05. The molecule has 0 radical (unpaired) electrons. The van der Waals surface area contributed by atoms with Gasteiger partial charge in [-0.15, -0.1) is 0 Å². The quantitative estimate of drug-likeness (QED) is 0.608. The third-order valence-corrected chi connectivity index (χ3v) is 3.96. The van der Waals surface area contributed by atoms with Crippen molar-refractivity contribution >= 4 is 5.97 Å². The highest BCUT2D eigenvalue weighted by atomic mass is 17.2. The molecule has 20 heavy (non-hydrogen) atoms. The zero-order valence-corrected chi connectivity index (χ0v) is 12.1. The van der Waals surface area contributed by atoms with E-state index in [2.05, 4.69) is 6.92 Å². The van der Waals surface area contributed by atoms with Gasteiger partial charge in [-0.05, 0) is 55.9 Å². The second kappa shape index (κ2) is 7.29. The molecule has 4 heteroatoms. The Kier molecular flexibility index (Phi) is 5.41. The van der Waals surface area contributed by atoms with Crippen LogP contribution in [-0.2, 0) is 9.78 Å².